The number of benzene rings is 2. The Morgan fingerprint density at radius 2 is 1.83 bits per heavy atom. The lowest BCUT2D eigenvalue weighted by atomic mass is 10.1. The van der Waals surface area contributed by atoms with Gasteiger partial charge in [0.15, 0.2) is 17.3 Å². The molecule has 1 heterocycles. The van der Waals surface area contributed by atoms with E-state index in [0.717, 1.165) is 11.5 Å². The predicted molar refractivity (Wildman–Crippen MR) is 109 cm³/mol. The van der Waals surface area contributed by atoms with E-state index in [2.05, 4.69) is 0 Å². The van der Waals surface area contributed by atoms with Crippen LogP contribution in [0.25, 0.3) is 5.69 Å². The second-order valence-electron chi connectivity index (χ2n) is 7.47. The zero-order valence-electron chi connectivity index (χ0n) is 16.7. The number of hydrogen-bond donors (Lipinski definition) is 2. The summed E-state index contributed by atoms with van der Waals surface area (Å²) in [7, 11) is 1.61. The summed E-state index contributed by atoms with van der Waals surface area (Å²) in [6.07, 6.45) is 0.744. The lowest BCUT2D eigenvalue weighted by Crippen LogP contribution is -2.28. The van der Waals surface area contributed by atoms with Gasteiger partial charge in [-0.2, -0.15) is 0 Å². The maximum absolute atomic E-state index is 10.1. The molecule has 1 aromatic heterocycles. The van der Waals surface area contributed by atoms with E-state index in [1.807, 2.05) is 60.1 Å². The Balaban J connectivity index is 1.63. The third-order valence-corrected chi connectivity index (χ3v) is 5.32. The Kier molecular flexibility index (Phi) is 5.51. The zero-order valence-corrected chi connectivity index (χ0v) is 16.7. The molecule has 1 fully saturated rings. The van der Waals surface area contributed by atoms with E-state index < -0.39 is 6.10 Å². The van der Waals surface area contributed by atoms with E-state index in [4.69, 9.17) is 25.3 Å². The van der Waals surface area contributed by atoms with Crippen LogP contribution in [0.15, 0.2) is 48.5 Å². The van der Waals surface area contributed by atoms with Crippen molar-refractivity contribution >= 4 is 0 Å². The summed E-state index contributed by atoms with van der Waals surface area (Å²) in [6.45, 7) is 2.26. The number of methoxy groups -OCH3 is 1. The Labute approximate surface area is 170 Å². The van der Waals surface area contributed by atoms with Crippen molar-refractivity contribution in [3.05, 3.63) is 65.7 Å². The molecule has 1 saturated carbocycles. The summed E-state index contributed by atoms with van der Waals surface area (Å²) in [5.74, 6) is 2.73. The van der Waals surface area contributed by atoms with Gasteiger partial charge in [-0.1, -0.05) is 29.8 Å². The van der Waals surface area contributed by atoms with E-state index in [0.29, 0.717) is 30.2 Å². The second-order valence-corrected chi connectivity index (χ2v) is 7.47. The maximum atomic E-state index is 10.1. The summed E-state index contributed by atoms with van der Waals surface area (Å²) in [6, 6.07) is 15.4. The summed E-state index contributed by atoms with van der Waals surface area (Å²) >= 11 is 0. The molecule has 0 amide bonds. The summed E-state index contributed by atoms with van der Waals surface area (Å²) in [5, 5.41) is 14.8. The van der Waals surface area contributed by atoms with Crippen LogP contribution in [0.3, 0.4) is 0 Å². The molecule has 0 radical (unpaired) electrons. The van der Waals surface area contributed by atoms with E-state index >= 15 is 0 Å². The van der Waals surface area contributed by atoms with E-state index in [1.165, 1.54) is 5.56 Å². The number of nitrogens with zero attached hydrogens (tertiary/aromatic N) is 3. The van der Waals surface area contributed by atoms with Gasteiger partial charge in [0.1, 0.15) is 12.4 Å². The molecule has 7 heteroatoms. The van der Waals surface area contributed by atoms with Crippen molar-refractivity contribution in [2.24, 2.45) is 5.73 Å². The lowest BCUT2D eigenvalue weighted by Gasteiger charge is -2.11. The average Bonchev–Trinajstić information content (AvgIpc) is 3.30. The molecule has 7 nitrogen and oxygen atoms in total. The van der Waals surface area contributed by atoms with E-state index in [9.17, 15) is 5.11 Å². The molecule has 0 unspecified atom stereocenters. The SMILES string of the molecule is COc1ccccc1OCc1nc([C@H]2C[C@@H](N)[C@H](O)C2)n(-c2ccc(C)cc2)n1. The molecular formula is C22H26N4O3. The molecule has 0 saturated heterocycles. The number of nitrogens with two attached hydrogens (primary N) is 1. The standard InChI is InChI=1S/C22H26N4O3/c1-14-7-9-16(10-8-14)26-22(15-11-17(23)18(27)12-15)24-21(25-26)13-29-20-6-4-3-5-19(20)28-2/h3-10,15,17-18,27H,11-13,23H2,1-2H3/t15-,17+,18+/m0/s1. The highest BCUT2D eigenvalue weighted by molar-refractivity contribution is 5.39. The van der Waals surface area contributed by atoms with Gasteiger partial charge >= 0.3 is 0 Å². The minimum atomic E-state index is -0.517. The lowest BCUT2D eigenvalue weighted by molar-refractivity contribution is 0.163. The van der Waals surface area contributed by atoms with E-state index in [1.54, 1.807) is 7.11 Å². The Hall–Kier alpha value is -2.90. The molecule has 3 atom stereocenters. The van der Waals surface area contributed by atoms with Crippen molar-refractivity contribution in [2.45, 2.75) is 44.4 Å². The normalized spacial score (nSPS) is 21.3. The molecule has 3 N–H and O–H groups in total. The first kappa shape index (κ1) is 19.4. The first-order valence-corrected chi connectivity index (χ1v) is 9.77. The molecular weight excluding hydrogens is 368 g/mol. The van der Waals surface area contributed by atoms with Crippen LogP contribution < -0.4 is 15.2 Å². The molecule has 0 aliphatic heterocycles. The molecule has 29 heavy (non-hydrogen) atoms. The molecule has 4 rings (SSSR count). The molecule has 152 valence electrons. The highest BCUT2D eigenvalue weighted by Crippen LogP contribution is 2.34. The number of aliphatic hydroxyl groups is 1. The fourth-order valence-electron chi connectivity index (χ4n) is 3.71. The average molecular weight is 394 g/mol. The fourth-order valence-corrected chi connectivity index (χ4v) is 3.71. The minimum absolute atomic E-state index is 0.0498. The van der Waals surface area contributed by atoms with Gasteiger partial charge in [-0.3, -0.25) is 0 Å². The molecule has 3 aromatic rings. The number of aliphatic hydroxyl groups excluding tert-OH is 1. The van der Waals surface area contributed by atoms with Crippen LogP contribution in [0.5, 0.6) is 11.5 Å². The number of aromatic nitrogens is 3. The third-order valence-electron chi connectivity index (χ3n) is 5.32. The monoisotopic (exact) mass is 394 g/mol. The number of aryl methyl sites for hydroxylation is 1. The van der Waals surface area contributed by atoms with Crippen LogP contribution >= 0.6 is 0 Å². The molecule has 1 aliphatic carbocycles. The first-order chi connectivity index (χ1) is 14.0. The van der Waals surface area contributed by atoms with Crippen molar-refractivity contribution < 1.29 is 14.6 Å². The molecule has 1 aliphatic rings. The van der Waals surface area contributed by atoms with Gasteiger partial charge in [-0.25, -0.2) is 9.67 Å². The van der Waals surface area contributed by atoms with Crippen molar-refractivity contribution in [3.63, 3.8) is 0 Å². The van der Waals surface area contributed by atoms with Gasteiger partial charge in [0.2, 0.25) is 0 Å². The van der Waals surface area contributed by atoms with Crippen molar-refractivity contribution in [3.8, 4) is 17.2 Å². The van der Waals surface area contributed by atoms with Crippen molar-refractivity contribution in [1.82, 2.24) is 14.8 Å². The Morgan fingerprint density at radius 3 is 2.48 bits per heavy atom. The smallest absolute Gasteiger partial charge is 0.188 e. The van der Waals surface area contributed by atoms with Crippen LogP contribution in [0.4, 0.5) is 0 Å². The summed E-state index contributed by atoms with van der Waals surface area (Å²) < 4.78 is 13.1. The number of ether oxygens (including phenoxy) is 2. The van der Waals surface area contributed by atoms with E-state index in [-0.39, 0.29) is 18.6 Å². The Bertz CT molecular complexity index is 960. The fraction of sp³-hybridized carbons (Fsp3) is 0.364. The Morgan fingerprint density at radius 1 is 1.10 bits per heavy atom. The summed E-state index contributed by atoms with van der Waals surface area (Å²) in [5.41, 5.74) is 8.14. The maximum Gasteiger partial charge on any atom is 0.188 e. The van der Waals surface area contributed by atoms with Gasteiger partial charge in [0, 0.05) is 12.0 Å². The van der Waals surface area contributed by atoms with Gasteiger partial charge in [-0.05, 0) is 44.0 Å². The topological polar surface area (TPSA) is 95.4 Å². The molecule has 0 bridgehead atoms. The minimum Gasteiger partial charge on any atom is -0.493 e. The molecule has 2 aromatic carbocycles. The van der Waals surface area contributed by atoms with Crippen molar-refractivity contribution in [1.29, 1.82) is 0 Å². The number of para-hydroxylation sites is 2. The first-order valence-electron chi connectivity index (χ1n) is 9.77. The highest BCUT2D eigenvalue weighted by atomic mass is 16.5. The molecule has 0 spiro atoms. The zero-order chi connectivity index (χ0) is 20.4. The highest BCUT2D eigenvalue weighted by Gasteiger charge is 2.34. The van der Waals surface area contributed by atoms with Gasteiger partial charge in [0.25, 0.3) is 0 Å². The quantitative estimate of drug-likeness (QED) is 0.667. The predicted octanol–water partition coefficient (Wildman–Crippen LogP) is 2.73. The van der Waals surface area contributed by atoms with Gasteiger partial charge in [-0.15, -0.1) is 5.10 Å². The van der Waals surface area contributed by atoms with Gasteiger partial charge in [0.05, 0.1) is 18.9 Å². The van der Waals surface area contributed by atoms with Crippen LogP contribution in [0.1, 0.15) is 36.0 Å². The largest absolute Gasteiger partial charge is 0.493 e. The third kappa shape index (κ3) is 4.11. The second kappa shape index (κ2) is 8.23. The van der Waals surface area contributed by atoms with Crippen LogP contribution in [-0.4, -0.2) is 39.1 Å². The van der Waals surface area contributed by atoms with Crippen LogP contribution in [-0.2, 0) is 6.61 Å². The number of rotatable bonds is 6. The van der Waals surface area contributed by atoms with Crippen LogP contribution in [0, 0.1) is 6.92 Å². The van der Waals surface area contributed by atoms with Crippen LogP contribution in [0.2, 0.25) is 0 Å². The van der Waals surface area contributed by atoms with Crippen molar-refractivity contribution in [2.75, 3.05) is 7.11 Å². The summed E-state index contributed by atoms with van der Waals surface area (Å²) in [4.78, 5) is 4.75. The number of hydrogen-bond acceptors (Lipinski definition) is 6. The van der Waals surface area contributed by atoms with Gasteiger partial charge < -0.3 is 20.3 Å².